The van der Waals surface area contributed by atoms with E-state index in [4.69, 9.17) is 0 Å². The number of carbonyl (C=O) groups is 3. The zero-order valence-corrected chi connectivity index (χ0v) is 11.0. The van der Waals surface area contributed by atoms with E-state index < -0.39 is 17.5 Å². The van der Waals surface area contributed by atoms with E-state index in [2.05, 4.69) is 0 Å². The molecular formula is C17H14O3. The van der Waals surface area contributed by atoms with Crippen LogP contribution in [0.4, 0.5) is 0 Å². The van der Waals surface area contributed by atoms with Crippen LogP contribution in [0.2, 0.25) is 0 Å². The van der Waals surface area contributed by atoms with Gasteiger partial charge in [-0.15, -0.1) is 0 Å². The normalized spacial score (nSPS) is 19.0. The Labute approximate surface area is 116 Å². The predicted molar refractivity (Wildman–Crippen MR) is 75.4 cm³/mol. The molecule has 1 saturated carbocycles. The molecule has 0 aliphatic heterocycles. The quantitative estimate of drug-likeness (QED) is 0.633. The fraction of sp³-hybridized carbons (Fsp3) is 0.235. The molecule has 3 heteroatoms. The highest BCUT2D eigenvalue weighted by atomic mass is 16.2. The van der Waals surface area contributed by atoms with Crippen LogP contribution in [-0.2, 0) is 20.8 Å². The summed E-state index contributed by atoms with van der Waals surface area (Å²) in [6.07, 6.45) is 0.854. The smallest absolute Gasteiger partial charge is 0.209 e. The molecule has 0 aromatic heterocycles. The first-order valence-electron chi connectivity index (χ1n) is 6.73. The van der Waals surface area contributed by atoms with Crippen molar-refractivity contribution in [1.82, 2.24) is 0 Å². The van der Waals surface area contributed by atoms with Crippen molar-refractivity contribution in [1.29, 1.82) is 0 Å². The van der Waals surface area contributed by atoms with Crippen LogP contribution >= 0.6 is 0 Å². The Balaban J connectivity index is 1.83. The topological polar surface area (TPSA) is 51.2 Å². The van der Waals surface area contributed by atoms with Crippen molar-refractivity contribution in [3.8, 4) is 0 Å². The fourth-order valence-electron chi connectivity index (χ4n) is 2.81. The maximum atomic E-state index is 11.6. The van der Waals surface area contributed by atoms with Gasteiger partial charge in [0.1, 0.15) is 0 Å². The molecule has 1 aliphatic carbocycles. The summed E-state index contributed by atoms with van der Waals surface area (Å²) < 4.78 is 0. The van der Waals surface area contributed by atoms with Crippen LogP contribution < -0.4 is 0 Å². The van der Waals surface area contributed by atoms with E-state index in [9.17, 15) is 14.4 Å². The van der Waals surface area contributed by atoms with E-state index in [0.29, 0.717) is 12.8 Å². The molecule has 2 aromatic rings. The Hall–Kier alpha value is -2.29. The van der Waals surface area contributed by atoms with Gasteiger partial charge in [0.25, 0.3) is 0 Å². The average Bonchev–Trinajstić information content (AvgIpc) is 2.70. The molecule has 1 atom stereocenters. The predicted octanol–water partition coefficient (Wildman–Crippen LogP) is 2.50. The zero-order valence-electron chi connectivity index (χ0n) is 11.0. The highest BCUT2D eigenvalue weighted by molar-refractivity contribution is 6.49. The molecule has 0 spiro atoms. The number of hydrogen-bond donors (Lipinski definition) is 0. The summed E-state index contributed by atoms with van der Waals surface area (Å²) in [5.41, 5.74) is 1.11. The molecule has 0 amide bonds. The summed E-state index contributed by atoms with van der Waals surface area (Å²) >= 11 is 0. The van der Waals surface area contributed by atoms with Gasteiger partial charge in [-0.3, -0.25) is 14.4 Å². The summed E-state index contributed by atoms with van der Waals surface area (Å²) in [5, 5.41) is 2.28. The third-order valence-electron chi connectivity index (χ3n) is 3.90. The maximum Gasteiger partial charge on any atom is 0.209 e. The summed E-state index contributed by atoms with van der Waals surface area (Å²) in [5.74, 6) is -1.98. The Morgan fingerprint density at radius 1 is 0.950 bits per heavy atom. The van der Waals surface area contributed by atoms with Crippen molar-refractivity contribution in [2.24, 2.45) is 5.92 Å². The molecule has 0 bridgehead atoms. The van der Waals surface area contributed by atoms with Gasteiger partial charge in [0, 0.05) is 0 Å². The van der Waals surface area contributed by atoms with Crippen molar-refractivity contribution < 1.29 is 14.4 Å². The minimum atomic E-state index is -0.721. The lowest BCUT2D eigenvalue weighted by atomic mass is 9.94. The van der Waals surface area contributed by atoms with E-state index in [1.807, 2.05) is 42.5 Å². The summed E-state index contributed by atoms with van der Waals surface area (Å²) in [7, 11) is 0. The SMILES string of the molecule is O=C1CC(=O)C(CCc2cccc3ccccc23)C1=O. The zero-order chi connectivity index (χ0) is 14.1. The molecule has 0 N–H and O–H groups in total. The van der Waals surface area contributed by atoms with E-state index >= 15 is 0 Å². The van der Waals surface area contributed by atoms with Gasteiger partial charge in [-0.25, -0.2) is 0 Å². The second-order valence-corrected chi connectivity index (χ2v) is 5.16. The molecule has 20 heavy (non-hydrogen) atoms. The number of aryl methyl sites for hydroxylation is 1. The molecule has 1 fully saturated rings. The van der Waals surface area contributed by atoms with Gasteiger partial charge in [-0.05, 0) is 29.2 Å². The maximum absolute atomic E-state index is 11.6. The molecular weight excluding hydrogens is 252 g/mol. The molecule has 0 heterocycles. The molecule has 3 rings (SSSR count). The number of hydrogen-bond acceptors (Lipinski definition) is 3. The molecule has 1 aliphatic rings. The standard InChI is InChI=1S/C17H14O3/c18-15-10-16(19)17(20)14(15)9-8-12-6-3-5-11-4-1-2-7-13(11)12/h1-7,14H,8-10H2. The molecule has 100 valence electrons. The minimum absolute atomic E-state index is 0.209. The second kappa shape index (κ2) is 5.00. The Morgan fingerprint density at radius 2 is 1.70 bits per heavy atom. The van der Waals surface area contributed by atoms with E-state index in [0.717, 1.165) is 16.3 Å². The molecule has 0 saturated heterocycles. The van der Waals surface area contributed by atoms with Gasteiger partial charge in [0.15, 0.2) is 5.78 Å². The highest BCUT2D eigenvalue weighted by Gasteiger charge is 2.39. The van der Waals surface area contributed by atoms with Crippen LogP contribution in [0.25, 0.3) is 10.8 Å². The van der Waals surface area contributed by atoms with Gasteiger partial charge < -0.3 is 0 Å². The lowest BCUT2D eigenvalue weighted by molar-refractivity contribution is -0.136. The van der Waals surface area contributed by atoms with Crippen LogP contribution in [0, 0.1) is 5.92 Å². The van der Waals surface area contributed by atoms with Crippen LogP contribution in [0.3, 0.4) is 0 Å². The number of carbonyl (C=O) groups excluding carboxylic acids is 3. The molecule has 2 aromatic carbocycles. The van der Waals surface area contributed by atoms with Crippen molar-refractivity contribution in [3.63, 3.8) is 0 Å². The van der Waals surface area contributed by atoms with Gasteiger partial charge in [-0.1, -0.05) is 42.5 Å². The van der Waals surface area contributed by atoms with Gasteiger partial charge in [-0.2, -0.15) is 0 Å². The summed E-state index contributed by atoms with van der Waals surface area (Å²) in [4.78, 5) is 34.5. The third-order valence-corrected chi connectivity index (χ3v) is 3.90. The van der Waals surface area contributed by atoms with E-state index in [1.54, 1.807) is 0 Å². The molecule has 0 radical (unpaired) electrons. The minimum Gasteiger partial charge on any atom is -0.298 e. The number of benzene rings is 2. The van der Waals surface area contributed by atoms with Crippen LogP contribution in [0.5, 0.6) is 0 Å². The summed E-state index contributed by atoms with van der Waals surface area (Å²) in [6.45, 7) is 0. The van der Waals surface area contributed by atoms with Crippen molar-refractivity contribution in [2.75, 3.05) is 0 Å². The van der Waals surface area contributed by atoms with Crippen molar-refractivity contribution in [2.45, 2.75) is 19.3 Å². The fourth-order valence-corrected chi connectivity index (χ4v) is 2.81. The summed E-state index contributed by atoms with van der Waals surface area (Å²) in [6, 6.07) is 14.0. The Kier molecular flexibility index (Phi) is 3.18. The lowest BCUT2D eigenvalue weighted by Gasteiger charge is -2.08. The largest absolute Gasteiger partial charge is 0.298 e. The van der Waals surface area contributed by atoms with E-state index in [-0.39, 0.29) is 12.2 Å². The number of ketones is 3. The molecule has 3 nitrogen and oxygen atoms in total. The van der Waals surface area contributed by atoms with Crippen LogP contribution in [-0.4, -0.2) is 17.3 Å². The number of rotatable bonds is 3. The molecule has 1 unspecified atom stereocenters. The van der Waals surface area contributed by atoms with Gasteiger partial charge in [0.2, 0.25) is 11.6 Å². The number of fused-ring (bicyclic) bond motifs is 1. The number of Topliss-reactive ketones (excluding diaryl/α,β-unsaturated/α-hetero) is 3. The van der Waals surface area contributed by atoms with Crippen molar-refractivity contribution in [3.05, 3.63) is 48.0 Å². The monoisotopic (exact) mass is 266 g/mol. The third kappa shape index (κ3) is 2.16. The first-order valence-corrected chi connectivity index (χ1v) is 6.73. The second-order valence-electron chi connectivity index (χ2n) is 5.16. The Morgan fingerprint density at radius 3 is 2.45 bits per heavy atom. The van der Waals surface area contributed by atoms with Crippen LogP contribution in [0.1, 0.15) is 18.4 Å². The van der Waals surface area contributed by atoms with Gasteiger partial charge in [0.05, 0.1) is 12.3 Å². The van der Waals surface area contributed by atoms with Crippen molar-refractivity contribution >= 4 is 28.1 Å². The Bertz CT molecular complexity index is 710. The first-order chi connectivity index (χ1) is 9.66. The van der Waals surface area contributed by atoms with Gasteiger partial charge >= 0.3 is 0 Å². The van der Waals surface area contributed by atoms with E-state index in [1.165, 1.54) is 0 Å². The van der Waals surface area contributed by atoms with Crippen LogP contribution in [0.15, 0.2) is 42.5 Å². The lowest BCUT2D eigenvalue weighted by Crippen LogP contribution is -2.17. The first kappa shape index (κ1) is 12.7. The average molecular weight is 266 g/mol. The highest BCUT2D eigenvalue weighted by Crippen LogP contribution is 2.24.